The number of nitrogens with one attached hydrogen (secondary N) is 2. The molecule has 0 aliphatic heterocycles. The standard InChI is InChI=1S/C17H17N3O/c1-13-6-5-9-15(10-18)17(13)20-12-16(21)19-11-14-7-3-2-4-8-14/h2-9,20H,11-12H2,1H3,(H,19,21). The Morgan fingerprint density at radius 3 is 2.62 bits per heavy atom. The first-order chi connectivity index (χ1) is 10.2. The molecule has 0 aromatic heterocycles. The van der Waals surface area contributed by atoms with Gasteiger partial charge < -0.3 is 10.6 Å². The zero-order chi connectivity index (χ0) is 15.1. The van der Waals surface area contributed by atoms with E-state index in [2.05, 4.69) is 16.7 Å². The van der Waals surface area contributed by atoms with Crippen LogP contribution in [0, 0.1) is 18.3 Å². The zero-order valence-corrected chi connectivity index (χ0v) is 11.9. The molecule has 2 N–H and O–H groups in total. The lowest BCUT2D eigenvalue weighted by molar-refractivity contribution is -0.119. The Morgan fingerprint density at radius 2 is 1.90 bits per heavy atom. The fourth-order valence-electron chi connectivity index (χ4n) is 2.02. The second kappa shape index (κ2) is 7.11. The van der Waals surface area contributed by atoms with Crippen molar-refractivity contribution in [2.75, 3.05) is 11.9 Å². The summed E-state index contributed by atoms with van der Waals surface area (Å²) in [5, 5.41) is 14.9. The van der Waals surface area contributed by atoms with E-state index in [0.29, 0.717) is 12.1 Å². The smallest absolute Gasteiger partial charge is 0.239 e. The molecule has 0 spiro atoms. The number of aryl methyl sites for hydroxylation is 1. The number of carbonyl (C=O) groups is 1. The van der Waals surface area contributed by atoms with Crippen molar-refractivity contribution in [3.05, 3.63) is 65.2 Å². The predicted molar refractivity (Wildman–Crippen MR) is 82.7 cm³/mol. The maximum Gasteiger partial charge on any atom is 0.239 e. The third-order valence-electron chi connectivity index (χ3n) is 3.15. The van der Waals surface area contributed by atoms with E-state index in [1.807, 2.05) is 49.4 Å². The van der Waals surface area contributed by atoms with Gasteiger partial charge in [-0.15, -0.1) is 0 Å². The van der Waals surface area contributed by atoms with E-state index < -0.39 is 0 Å². The molecule has 106 valence electrons. The Bertz CT molecular complexity index is 659. The van der Waals surface area contributed by atoms with Crippen molar-refractivity contribution in [3.8, 4) is 6.07 Å². The van der Waals surface area contributed by atoms with Crippen LogP contribution >= 0.6 is 0 Å². The maximum atomic E-state index is 11.8. The largest absolute Gasteiger partial charge is 0.375 e. The van der Waals surface area contributed by atoms with E-state index in [9.17, 15) is 4.79 Å². The Kier molecular flexibility index (Phi) is 4.94. The third kappa shape index (κ3) is 4.08. The predicted octanol–water partition coefficient (Wildman–Crippen LogP) is 2.60. The topological polar surface area (TPSA) is 64.9 Å². The van der Waals surface area contributed by atoms with E-state index >= 15 is 0 Å². The molecule has 0 bridgehead atoms. The molecule has 0 unspecified atom stereocenters. The minimum Gasteiger partial charge on any atom is -0.375 e. The fourth-order valence-corrected chi connectivity index (χ4v) is 2.02. The molecular formula is C17H17N3O. The summed E-state index contributed by atoms with van der Waals surface area (Å²) in [6.07, 6.45) is 0. The Balaban J connectivity index is 1.89. The van der Waals surface area contributed by atoms with Gasteiger partial charge in [-0.1, -0.05) is 42.5 Å². The monoisotopic (exact) mass is 279 g/mol. The summed E-state index contributed by atoms with van der Waals surface area (Å²) in [6.45, 7) is 2.55. The number of nitrogens with zero attached hydrogens (tertiary/aromatic N) is 1. The number of amides is 1. The summed E-state index contributed by atoms with van der Waals surface area (Å²) >= 11 is 0. The first-order valence-corrected chi connectivity index (χ1v) is 6.75. The lowest BCUT2D eigenvalue weighted by atomic mass is 10.1. The highest BCUT2D eigenvalue weighted by Gasteiger charge is 2.07. The molecule has 0 fully saturated rings. The summed E-state index contributed by atoms with van der Waals surface area (Å²) in [5.74, 6) is -0.106. The molecule has 0 radical (unpaired) electrons. The van der Waals surface area contributed by atoms with Gasteiger partial charge in [0, 0.05) is 6.54 Å². The second-order valence-corrected chi connectivity index (χ2v) is 4.73. The number of para-hydroxylation sites is 1. The molecule has 1 amide bonds. The molecule has 4 nitrogen and oxygen atoms in total. The SMILES string of the molecule is Cc1cccc(C#N)c1NCC(=O)NCc1ccccc1. The van der Waals surface area contributed by atoms with Gasteiger partial charge in [-0.25, -0.2) is 0 Å². The highest BCUT2D eigenvalue weighted by molar-refractivity contribution is 5.81. The van der Waals surface area contributed by atoms with Crippen molar-refractivity contribution in [1.82, 2.24) is 5.32 Å². The zero-order valence-electron chi connectivity index (χ0n) is 11.9. The van der Waals surface area contributed by atoms with E-state index in [0.717, 1.165) is 16.8 Å². The van der Waals surface area contributed by atoms with Gasteiger partial charge in [0.2, 0.25) is 5.91 Å². The van der Waals surface area contributed by atoms with Crippen LogP contribution in [-0.2, 0) is 11.3 Å². The second-order valence-electron chi connectivity index (χ2n) is 4.73. The molecule has 0 heterocycles. The number of benzene rings is 2. The van der Waals surface area contributed by atoms with Crippen molar-refractivity contribution in [1.29, 1.82) is 5.26 Å². The van der Waals surface area contributed by atoms with E-state index in [-0.39, 0.29) is 12.5 Å². The molecule has 0 saturated heterocycles. The molecule has 21 heavy (non-hydrogen) atoms. The Hall–Kier alpha value is -2.80. The summed E-state index contributed by atoms with van der Waals surface area (Å²) in [4.78, 5) is 11.8. The molecule has 2 rings (SSSR count). The van der Waals surface area contributed by atoms with Gasteiger partial charge in [0.05, 0.1) is 17.8 Å². The third-order valence-corrected chi connectivity index (χ3v) is 3.15. The van der Waals surface area contributed by atoms with Crippen LogP contribution in [0.1, 0.15) is 16.7 Å². The van der Waals surface area contributed by atoms with Gasteiger partial charge in [-0.3, -0.25) is 4.79 Å². The summed E-state index contributed by atoms with van der Waals surface area (Å²) in [7, 11) is 0. The van der Waals surface area contributed by atoms with Crippen molar-refractivity contribution >= 4 is 11.6 Å². The van der Waals surface area contributed by atoms with E-state index in [4.69, 9.17) is 5.26 Å². The number of nitriles is 1. The van der Waals surface area contributed by atoms with Crippen molar-refractivity contribution in [3.63, 3.8) is 0 Å². The quantitative estimate of drug-likeness (QED) is 0.884. The molecule has 0 aliphatic rings. The van der Waals surface area contributed by atoms with Crippen LogP contribution in [0.4, 0.5) is 5.69 Å². The van der Waals surface area contributed by atoms with Crippen molar-refractivity contribution < 1.29 is 4.79 Å². The van der Waals surface area contributed by atoms with Crippen molar-refractivity contribution in [2.24, 2.45) is 0 Å². The van der Waals surface area contributed by atoms with Crippen LogP contribution in [0.2, 0.25) is 0 Å². The molecule has 0 saturated carbocycles. The fraction of sp³-hybridized carbons (Fsp3) is 0.176. The van der Waals surface area contributed by atoms with Gasteiger partial charge in [-0.05, 0) is 24.1 Å². The van der Waals surface area contributed by atoms with Crippen LogP contribution in [0.3, 0.4) is 0 Å². The first kappa shape index (κ1) is 14.6. The van der Waals surface area contributed by atoms with Gasteiger partial charge in [0.1, 0.15) is 6.07 Å². The van der Waals surface area contributed by atoms with Crippen LogP contribution in [0.15, 0.2) is 48.5 Å². The van der Waals surface area contributed by atoms with Gasteiger partial charge in [0.25, 0.3) is 0 Å². The summed E-state index contributed by atoms with van der Waals surface area (Å²) < 4.78 is 0. The summed E-state index contributed by atoms with van der Waals surface area (Å²) in [5.41, 5.74) is 3.27. The minimum atomic E-state index is -0.106. The van der Waals surface area contributed by atoms with Gasteiger partial charge in [0.15, 0.2) is 0 Å². The molecule has 2 aromatic carbocycles. The number of hydrogen-bond donors (Lipinski definition) is 2. The van der Waals surface area contributed by atoms with Crippen LogP contribution in [-0.4, -0.2) is 12.5 Å². The molecule has 0 aliphatic carbocycles. The molecule has 0 atom stereocenters. The van der Waals surface area contributed by atoms with Crippen LogP contribution in [0.5, 0.6) is 0 Å². The number of hydrogen-bond acceptors (Lipinski definition) is 3. The number of carbonyl (C=O) groups excluding carboxylic acids is 1. The van der Waals surface area contributed by atoms with E-state index in [1.54, 1.807) is 6.07 Å². The molecule has 2 aromatic rings. The highest BCUT2D eigenvalue weighted by Crippen LogP contribution is 2.19. The van der Waals surface area contributed by atoms with Gasteiger partial charge >= 0.3 is 0 Å². The maximum absolute atomic E-state index is 11.8. The highest BCUT2D eigenvalue weighted by atomic mass is 16.1. The first-order valence-electron chi connectivity index (χ1n) is 6.75. The van der Waals surface area contributed by atoms with E-state index in [1.165, 1.54) is 0 Å². The number of rotatable bonds is 5. The Labute approximate surface area is 124 Å². The summed E-state index contributed by atoms with van der Waals surface area (Å²) in [6, 6.07) is 17.3. The Morgan fingerprint density at radius 1 is 1.14 bits per heavy atom. The average Bonchev–Trinajstić information content (AvgIpc) is 2.52. The average molecular weight is 279 g/mol. The van der Waals surface area contributed by atoms with Crippen molar-refractivity contribution in [2.45, 2.75) is 13.5 Å². The molecule has 4 heteroatoms. The van der Waals surface area contributed by atoms with Crippen LogP contribution < -0.4 is 10.6 Å². The lowest BCUT2D eigenvalue weighted by Gasteiger charge is -2.11. The lowest BCUT2D eigenvalue weighted by Crippen LogP contribution is -2.29. The number of anilines is 1. The minimum absolute atomic E-state index is 0.106. The van der Waals surface area contributed by atoms with Crippen LogP contribution in [0.25, 0.3) is 0 Å². The van der Waals surface area contributed by atoms with Gasteiger partial charge in [-0.2, -0.15) is 5.26 Å². The molecular weight excluding hydrogens is 262 g/mol. The normalized spacial score (nSPS) is 9.71.